The van der Waals surface area contributed by atoms with Crippen LogP contribution in [0.4, 0.5) is 17.1 Å². The molecule has 184 valence electrons. The maximum Gasteiger partial charge on any atom is 0.293 e. The number of amides is 1. The average molecular weight is 507 g/mol. The van der Waals surface area contributed by atoms with Gasteiger partial charge in [-0.1, -0.05) is 24.6 Å². The molecule has 1 aliphatic heterocycles. The second-order valence-electron chi connectivity index (χ2n) is 8.38. The van der Waals surface area contributed by atoms with Crippen LogP contribution in [0.2, 0.25) is 5.02 Å². The zero-order chi connectivity index (χ0) is 25.2. The van der Waals surface area contributed by atoms with E-state index in [1.165, 1.54) is 6.07 Å². The maximum atomic E-state index is 13.0. The van der Waals surface area contributed by atoms with Crippen molar-refractivity contribution in [1.29, 1.82) is 0 Å². The molecule has 0 atom stereocenters. The summed E-state index contributed by atoms with van der Waals surface area (Å²) in [4.78, 5) is 30.7. The first-order valence-electron chi connectivity index (χ1n) is 11.5. The zero-order valence-electron chi connectivity index (χ0n) is 19.5. The van der Waals surface area contributed by atoms with Gasteiger partial charge in [0.1, 0.15) is 11.2 Å². The van der Waals surface area contributed by atoms with Crippen LogP contribution in [0.25, 0.3) is 22.6 Å². The quantitative estimate of drug-likeness (QED) is 0.263. The Balaban J connectivity index is 1.41. The number of hydrogen-bond donors (Lipinski definition) is 1. The number of fused-ring (bicyclic) bond motifs is 1. The molecule has 0 saturated carbocycles. The number of anilines is 2. The number of rotatable bonds is 6. The molecule has 1 N–H and O–H groups in total. The molecule has 0 unspecified atom stereocenters. The number of halogens is 1. The van der Waals surface area contributed by atoms with Crippen LogP contribution in [0.15, 0.2) is 59.0 Å². The van der Waals surface area contributed by atoms with E-state index in [1.807, 2.05) is 23.1 Å². The molecule has 9 nitrogen and oxygen atoms in total. The van der Waals surface area contributed by atoms with Crippen LogP contribution < -0.4 is 10.2 Å². The smallest absolute Gasteiger partial charge is 0.293 e. The van der Waals surface area contributed by atoms with Crippen LogP contribution >= 0.6 is 11.6 Å². The normalized spacial score (nSPS) is 13.7. The van der Waals surface area contributed by atoms with E-state index in [1.54, 1.807) is 30.3 Å². The minimum atomic E-state index is -0.481. The summed E-state index contributed by atoms with van der Waals surface area (Å²) in [6, 6.07) is 15.3. The van der Waals surface area contributed by atoms with Crippen molar-refractivity contribution in [2.24, 2.45) is 0 Å². The molecule has 0 aliphatic carbocycles. The van der Waals surface area contributed by atoms with E-state index in [2.05, 4.69) is 17.2 Å². The van der Waals surface area contributed by atoms with Crippen LogP contribution in [0.3, 0.4) is 0 Å². The Labute approximate surface area is 211 Å². The molecular weight excluding hydrogens is 484 g/mol. The molecule has 4 aromatic rings. The van der Waals surface area contributed by atoms with Gasteiger partial charge in [-0.05, 0) is 54.4 Å². The van der Waals surface area contributed by atoms with Gasteiger partial charge in [-0.3, -0.25) is 14.9 Å². The van der Waals surface area contributed by atoms with Crippen molar-refractivity contribution >= 4 is 45.7 Å². The van der Waals surface area contributed by atoms with E-state index in [4.69, 9.17) is 20.8 Å². The van der Waals surface area contributed by atoms with Crippen LogP contribution in [-0.2, 0) is 11.2 Å². The Morgan fingerprint density at radius 3 is 2.69 bits per heavy atom. The number of morpholine rings is 1. The summed E-state index contributed by atoms with van der Waals surface area (Å²) in [5.74, 6) is -0.144. The topological polar surface area (TPSA) is 111 Å². The lowest BCUT2D eigenvalue weighted by Gasteiger charge is -2.28. The predicted octanol–water partition coefficient (Wildman–Crippen LogP) is 5.71. The highest BCUT2D eigenvalue weighted by molar-refractivity contribution is 6.33. The molecule has 1 fully saturated rings. The highest BCUT2D eigenvalue weighted by atomic mass is 35.5. The molecule has 1 aromatic heterocycles. The van der Waals surface area contributed by atoms with Gasteiger partial charge in [-0.15, -0.1) is 0 Å². The monoisotopic (exact) mass is 506 g/mol. The number of oxazole rings is 1. The summed E-state index contributed by atoms with van der Waals surface area (Å²) >= 11 is 6.42. The fraction of sp³-hybridized carbons (Fsp3) is 0.231. The number of aryl methyl sites for hydroxylation is 1. The minimum Gasteiger partial charge on any atom is -0.436 e. The number of ether oxygens (including phenoxy) is 1. The number of aromatic nitrogens is 1. The van der Waals surface area contributed by atoms with Crippen LogP contribution in [0.5, 0.6) is 0 Å². The van der Waals surface area contributed by atoms with E-state index in [9.17, 15) is 14.9 Å². The fourth-order valence-electron chi connectivity index (χ4n) is 4.16. The largest absolute Gasteiger partial charge is 0.436 e. The summed E-state index contributed by atoms with van der Waals surface area (Å²) in [5.41, 5.74) is 4.00. The number of hydrogen-bond acceptors (Lipinski definition) is 7. The molecule has 0 bridgehead atoms. The Kier molecular flexibility index (Phi) is 6.58. The molecule has 1 aliphatic rings. The number of nitro groups is 1. The van der Waals surface area contributed by atoms with Crippen molar-refractivity contribution in [2.75, 3.05) is 36.5 Å². The molecule has 5 rings (SSSR count). The SMILES string of the molecule is CCc1ccc2oc(-c3cc(NC(=O)c4ccc(N5CCOCC5)c([N+](=O)[O-])c4)ccc3Cl)nc2c1. The van der Waals surface area contributed by atoms with Crippen LogP contribution in [-0.4, -0.2) is 42.1 Å². The van der Waals surface area contributed by atoms with Crippen molar-refractivity contribution in [2.45, 2.75) is 13.3 Å². The Morgan fingerprint density at radius 2 is 1.94 bits per heavy atom. The molecule has 0 spiro atoms. The lowest BCUT2D eigenvalue weighted by Crippen LogP contribution is -2.36. The van der Waals surface area contributed by atoms with Gasteiger partial charge in [0.15, 0.2) is 5.58 Å². The number of nitrogens with zero attached hydrogens (tertiary/aromatic N) is 3. The zero-order valence-corrected chi connectivity index (χ0v) is 20.2. The van der Waals surface area contributed by atoms with E-state index < -0.39 is 10.8 Å². The van der Waals surface area contributed by atoms with E-state index >= 15 is 0 Å². The molecule has 2 heterocycles. The Bertz CT molecular complexity index is 1460. The standard InChI is InChI=1S/C26H23ClN4O5/c1-2-16-3-8-24-21(13-16)29-26(36-24)19-15-18(5-6-20(19)27)28-25(32)17-4-7-22(23(14-17)31(33)34)30-9-11-35-12-10-30/h3-8,13-15H,2,9-12H2,1H3,(H,28,32). The van der Waals surface area contributed by atoms with Gasteiger partial charge in [0.2, 0.25) is 5.89 Å². The second-order valence-corrected chi connectivity index (χ2v) is 8.79. The number of nitrogens with one attached hydrogen (secondary N) is 1. The van der Waals surface area contributed by atoms with Crippen LogP contribution in [0.1, 0.15) is 22.8 Å². The molecule has 0 radical (unpaired) electrons. The lowest BCUT2D eigenvalue weighted by molar-refractivity contribution is -0.384. The van der Waals surface area contributed by atoms with Crippen molar-refractivity contribution in [3.05, 3.63) is 80.9 Å². The van der Waals surface area contributed by atoms with Crippen molar-refractivity contribution in [3.63, 3.8) is 0 Å². The van der Waals surface area contributed by atoms with Gasteiger partial charge in [-0.2, -0.15) is 0 Å². The molecule has 1 saturated heterocycles. The summed E-state index contributed by atoms with van der Waals surface area (Å²) in [6.45, 7) is 4.16. The van der Waals surface area contributed by atoms with E-state index in [0.29, 0.717) is 59.7 Å². The molecule has 3 aromatic carbocycles. The number of nitro benzene ring substituents is 1. The minimum absolute atomic E-state index is 0.126. The Morgan fingerprint density at radius 1 is 1.14 bits per heavy atom. The van der Waals surface area contributed by atoms with Gasteiger partial charge in [-0.25, -0.2) is 4.98 Å². The molecule has 36 heavy (non-hydrogen) atoms. The van der Waals surface area contributed by atoms with Crippen molar-refractivity contribution < 1.29 is 18.9 Å². The van der Waals surface area contributed by atoms with Gasteiger partial charge >= 0.3 is 0 Å². The van der Waals surface area contributed by atoms with Crippen molar-refractivity contribution in [1.82, 2.24) is 4.98 Å². The van der Waals surface area contributed by atoms with Crippen LogP contribution in [0, 0.1) is 10.1 Å². The number of benzene rings is 3. The highest BCUT2D eigenvalue weighted by Crippen LogP contribution is 2.34. The summed E-state index contributed by atoms with van der Waals surface area (Å²) in [5, 5.41) is 14.9. The first kappa shape index (κ1) is 23.8. The average Bonchev–Trinajstić information content (AvgIpc) is 3.33. The van der Waals surface area contributed by atoms with E-state index in [-0.39, 0.29) is 11.3 Å². The third kappa shape index (κ3) is 4.75. The first-order chi connectivity index (χ1) is 17.4. The van der Waals surface area contributed by atoms with Gasteiger partial charge in [0.25, 0.3) is 11.6 Å². The summed E-state index contributed by atoms with van der Waals surface area (Å²) < 4.78 is 11.2. The lowest BCUT2D eigenvalue weighted by atomic mass is 10.1. The van der Waals surface area contributed by atoms with E-state index in [0.717, 1.165) is 17.5 Å². The first-order valence-corrected chi connectivity index (χ1v) is 11.9. The third-order valence-electron chi connectivity index (χ3n) is 6.10. The Hall–Kier alpha value is -3.95. The predicted molar refractivity (Wildman–Crippen MR) is 138 cm³/mol. The van der Waals surface area contributed by atoms with Gasteiger partial charge in [0, 0.05) is 30.4 Å². The molecular formula is C26H23ClN4O5. The molecule has 1 amide bonds. The summed E-state index contributed by atoms with van der Waals surface area (Å²) in [7, 11) is 0. The number of carbonyl (C=O) groups is 1. The fourth-order valence-corrected chi connectivity index (χ4v) is 4.36. The summed E-state index contributed by atoms with van der Waals surface area (Å²) in [6.07, 6.45) is 0.881. The number of carbonyl (C=O) groups excluding carboxylic acids is 1. The third-order valence-corrected chi connectivity index (χ3v) is 6.43. The maximum absolute atomic E-state index is 13.0. The van der Waals surface area contributed by atoms with Gasteiger partial charge in [0.05, 0.1) is 28.7 Å². The highest BCUT2D eigenvalue weighted by Gasteiger charge is 2.23. The van der Waals surface area contributed by atoms with Crippen molar-refractivity contribution in [3.8, 4) is 11.5 Å². The second kappa shape index (κ2) is 9.96. The van der Waals surface area contributed by atoms with Gasteiger partial charge < -0.3 is 19.4 Å². The molecule has 10 heteroatoms.